The van der Waals surface area contributed by atoms with Gasteiger partial charge in [0, 0.05) is 24.6 Å². The van der Waals surface area contributed by atoms with Crippen LogP contribution >= 0.6 is 0 Å². The maximum Gasteiger partial charge on any atom is 0.123 e. The largest absolute Gasteiger partial charge is 0.381 e. The van der Waals surface area contributed by atoms with E-state index in [9.17, 15) is 4.39 Å². The second kappa shape index (κ2) is 5.79. The zero-order valence-electron chi connectivity index (χ0n) is 11.8. The lowest BCUT2D eigenvalue weighted by molar-refractivity contribution is 0.625. The van der Waals surface area contributed by atoms with Crippen LogP contribution in [-0.4, -0.2) is 9.78 Å². The van der Waals surface area contributed by atoms with E-state index in [-0.39, 0.29) is 5.82 Å². The molecule has 0 radical (unpaired) electrons. The Bertz CT molecular complexity index is 718. The average molecular weight is 281 g/mol. The maximum absolute atomic E-state index is 13.1. The molecule has 0 saturated heterocycles. The molecule has 0 atom stereocenters. The van der Waals surface area contributed by atoms with Gasteiger partial charge in [0.1, 0.15) is 5.82 Å². The van der Waals surface area contributed by atoms with Gasteiger partial charge in [0.05, 0.1) is 5.69 Å². The molecule has 0 amide bonds. The van der Waals surface area contributed by atoms with Crippen LogP contribution in [0, 0.1) is 12.7 Å². The van der Waals surface area contributed by atoms with Crippen molar-refractivity contribution in [2.24, 2.45) is 0 Å². The molecule has 0 aliphatic heterocycles. The molecular weight excluding hydrogens is 265 g/mol. The minimum absolute atomic E-state index is 0.195. The summed E-state index contributed by atoms with van der Waals surface area (Å²) in [5.41, 5.74) is 4.08. The van der Waals surface area contributed by atoms with E-state index in [1.807, 2.05) is 54.2 Å². The molecule has 3 nitrogen and oxygen atoms in total. The first-order valence-electron chi connectivity index (χ1n) is 6.81. The molecule has 106 valence electrons. The van der Waals surface area contributed by atoms with Crippen LogP contribution in [0.1, 0.15) is 11.1 Å². The Morgan fingerprint density at radius 3 is 2.62 bits per heavy atom. The van der Waals surface area contributed by atoms with E-state index in [4.69, 9.17) is 0 Å². The summed E-state index contributed by atoms with van der Waals surface area (Å²) in [6.45, 7) is 2.59. The summed E-state index contributed by atoms with van der Waals surface area (Å²) in [5, 5.41) is 7.53. The fourth-order valence-corrected chi connectivity index (χ4v) is 2.21. The Morgan fingerprint density at radius 1 is 1.14 bits per heavy atom. The standard InChI is InChI=1S/C17H16FN3/c1-13-11-15(18)4-3-14(13)12-19-16-5-7-17(8-6-16)21-10-2-9-20-21/h2-11,19H,12H2,1H3. The quantitative estimate of drug-likeness (QED) is 0.785. The van der Waals surface area contributed by atoms with Gasteiger partial charge in [-0.25, -0.2) is 9.07 Å². The van der Waals surface area contributed by atoms with Crippen LogP contribution in [0.15, 0.2) is 60.9 Å². The van der Waals surface area contributed by atoms with E-state index >= 15 is 0 Å². The lowest BCUT2D eigenvalue weighted by atomic mass is 10.1. The summed E-state index contributed by atoms with van der Waals surface area (Å²) < 4.78 is 14.9. The first kappa shape index (κ1) is 13.4. The van der Waals surface area contributed by atoms with Crippen molar-refractivity contribution < 1.29 is 4.39 Å². The molecule has 2 aromatic carbocycles. The molecule has 0 fully saturated rings. The topological polar surface area (TPSA) is 29.9 Å². The highest BCUT2D eigenvalue weighted by Crippen LogP contribution is 2.15. The van der Waals surface area contributed by atoms with Gasteiger partial charge in [-0.15, -0.1) is 0 Å². The highest BCUT2D eigenvalue weighted by atomic mass is 19.1. The molecule has 4 heteroatoms. The number of nitrogens with one attached hydrogen (secondary N) is 1. The van der Waals surface area contributed by atoms with Crippen LogP contribution < -0.4 is 5.32 Å². The van der Waals surface area contributed by atoms with Gasteiger partial charge in [-0.3, -0.25) is 0 Å². The second-order valence-corrected chi connectivity index (χ2v) is 4.92. The van der Waals surface area contributed by atoms with Crippen molar-refractivity contribution in [1.82, 2.24) is 9.78 Å². The van der Waals surface area contributed by atoms with Crippen molar-refractivity contribution in [2.45, 2.75) is 13.5 Å². The Hall–Kier alpha value is -2.62. The van der Waals surface area contributed by atoms with Crippen LogP contribution in [-0.2, 0) is 6.54 Å². The van der Waals surface area contributed by atoms with Gasteiger partial charge in [0.25, 0.3) is 0 Å². The molecule has 0 spiro atoms. The number of nitrogens with zero attached hydrogens (tertiary/aromatic N) is 2. The van der Waals surface area contributed by atoms with Crippen molar-refractivity contribution in [3.63, 3.8) is 0 Å². The van der Waals surface area contributed by atoms with Gasteiger partial charge in [-0.1, -0.05) is 6.07 Å². The van der Waals surface area contributed by atoms with Gasteiger partial charge >= 0.3 is 0 Å². The average Bonchev–Trinajstić information content (AvgIpc) is 3.01. The number of aryl methyl sites for hydroxylation is 1. The third-order valence-corrected chi connectivity index (χ3v) is 3.42. The Balaban J connectivity index is 1.68. The predicted octanol–water partition coefficient (Wildman–Crippen LogP) is 3.93. The van der Waals surface area contributed by atoms with Crippen molar-refractivity contribution >= 4 is 5.69 Å². The van der Waals surface area contributed by atoms with Crippen molar-refractivity contribution in [3.8, 4) is 5.69 Å². The van der Waals surface area contributed by atoms with Crippen LogP contribution in [0.4, 0.5) is 10.1 Å². The number of aromatic nitrogens is 2. The van der Waals surface area contributed by atoms with Gasteiger partial charge in [-0.05, 0) is 60.5 Å². The van der Waals surface area contributed by atoms with Gasteiger partial charge in [0.15, 0.2) is 0 Å². The second-order valence-electron chi connectivity index (χ2n) is 4.92. The first-order valence-corrected chi connectivity index (χ1v) is 6.81. The molecular formula is C17H16FN3. The Kier molecular flexibility index (Phi) is 3.69. The number of rotatable bonds is 4. The monoisotopic (exact) mass is 281 g/mol. The molecule has 1 N–H and O–H groups in total. The smallest absolute Gasteiger partial charge is 0.123 e. The predicted molar refractivity (Wildman–Crippen MR) is 82.0 cm³/mol. The van der Waals surface area contributed by atoms with Crippen LogP contribution in [0.5, 0.6) is 0 Å². The Labute approximate surface area is 123 Å². The lowest BCUT2D eigenvalue weighted by Gasteiger charge is -2.10. The maximum atomic E-state index is 13.1. The zero-order chi connectivity index (χ0) is 14.7. The number of halogens is 1. The molecule has 21 heavy (non-hydrogen) atoms. The van der Waals surface area contributed by atoms with Crippen LogP contribution in [0.25, 0.3) is 5.69 Å². The highest BCUT2D eigenvalue weighted by Gasteiger charge is 2.01. The number of hydrogen-bond donors (Lipinski definition) is 1. The number of benzene rings is 2. The van der Waals surface area contributed by atoms with Crippen molar-refractivity contribution in [2.75, 3.05) is 5.32 Å². The first-order chi connectivity index (χ1) is 10.2. The van der Waals surface area contributed by atoms with Crippen molar-refractivity contribution in [3.05, 3.63) is 77.9 Å². The van der Waals surface area contributed by atoms with Crippen LogP contribution in [0.3, 0.4) is 0 Å². The lowest BCUT2D eigenvalue weighted by Crippen LogP contribution is -2.02. The van der Waals surface area contributed by atoms with E-state index in [0.29, 0.717) is 6.54 Å². The molecule has 3 rings (SSSR count). The fraction of sp³-hybridized carbons (Fsp3) is 0.118. The molecule has 1 heterocycles. The van der Waals surface area contributed by atoms with Gasteiger partial charge < -0.3 is 5.32 Å². The molecule has 0 aliphatic carbocycles. The number of anilines is 1. The molecule has 0 saturated carbocycles. The molecule has 1 aromatic heterocycles. The van der Waals surface area contributed by atoms with E-state index in [0.717, 1.165) is 22.5 Å². The number of hydrogen-bond acceptors (Lipinski definition) is 2. The molecule has 0 aliphatic rings. The van der Waals surface area contributed by atoms with Gasteiger partial charge in [-0.2, -0.15) is 5.10 Å². The minimum Gasteiger partial charge on any atom is -0.381 e. The third kappa shape index (κ3) is 3.11. The normalized spacial score (nSPS) is 10.6. The summed E-state index contributed by atoms with van der Waals surface area (Å²) in [6, 6.07) is 14.8. The van der Waals surface area contributed by atoms with E-state index in [1.165, 1.54) is 6.07 Å². The Morgan fingerprint density at radius 2 is 1.95 bits per heavy atom. The minimum atomic E-state index is -0.195. The van der Waals surface area contributed by atoms with E-state index in [2.05, 4.69) is 10.4 Å². The zero-order valence-corrected chi connectivity index (χ0v) is 11.8. The van der Waals surface area contributed by atoms with Crippen LogP contribution in [0.2, 0.25) is 0 Å². The van der Waals surface area contributed by atoms with E-state index in [1.54, 1.807) is 12.3 Å². The summed E-state index contributed by atoms with van der Waals surface area (Å²) in [4.78, 5) is 0. The molecule has 0 unspecified atom stereocenters. The highest BCUT2D eigenvalue weighted by molar-refractivity contribution is 5.49. The SMILES string of the molecule is Cc1cc(F)ccc1CNc1ccc(-n2cccn2)cc1. The molecule has 0 bridgehead atoms. The molecule has 3 aromatic rings. The third-order valence-electron chi connectivity index (χ3n) is 3.42. The van der Waals surface area contributed by atoms with Gasteiger partial charge in [0.2, 0.25) is 0 Å². The summed E-state index contributed by atoms with van der Waals surface area (Å²) in [7, 11) is 0. The summed E-state index contributed by atoms with van der Waals surface area (Å²) in [6.07, 6.45) is 3.66. The van der Waals surface area contributed by atoms with E-state index < -0.39 is 0 Å². The fourth-order valence-electron chi connectivity index (χ4n) is 2.21. The summed E-state index contributed by atoms with van der Waals surface area (Å²) in [5.74, 6) is -0.195. The summed E-state index contributed by atoms with van der Waals surface area (Å²) >= 11 is 0. The van der Waals surface area contributed by atoms with Crippen molar-refractivity contribution in [1.29, 1.82) is 0 Å².